The normalized spacial score (nSPS) is 12.7. The molecule has 0 aliphatic carbocycles. The van der Waals surface area contributed by atoms with Crippen LogP contribution in [0.15, 0.2) is 18.2 Å². The van der Waals surface area contributed by atoms with E-state index in [2.05, 4.69) is 0 Å². The molecule has 0 unspecified atom stereocenters. The summed E-state index contributed by atoms with van der Waals surface area (Å²) in [5, 5.41) is 0. The maximum absolute atomic E-state index is 14.5. The van der Waals surface area contributed by atoms with Gasteiger partial charge in [-0.25, -0.2) is 0 Å². The van der Waals surface area contributed by atoms with Crippen LogP contribution in [0.5, 0.6) is 0 Å². The second kappa shape index (κ2) is 6.84. The van der Waals surface area contributed by atoms with E-state index >= 15 is 0 Å². The molecule has 110 valence electrons. The highest BCUT2D eigenvalue weighted by Crippen LogP contribution is 2.67. The second-order valence-electron chi connectivity index (χ2n) is 4.23. The smallest absolute Gasteiger partial charge is 0.304 e. The first-order valence-corrected chi connectivity index (χ1v) is 7.93. The zero-order valence-corrected chi connectivity index (χ0v) is 12.8. The van der Waals surface area contributed by atoms with Crippen LogP contribution in [0, 0.1) is 6.92 Å². The molecule has 0 heterocycles. The Morgan fingerprint density at radius 1 is 1.25 bits per heavy atom. The third-order valence-electron chi connectivity index (χ3n) is 2.79. The fraction of sp³-hybridized carbons (Fsp3) is 0.538. The Bertz CT molecular complexity index is 498. The molecular weight excluding hydrogens is 284 g/mol. The SMILES string of the molecule is [B]Cc1ccc(C(F)(F)P(=O)(OCC)OCC)c(C)c1. The third kappa shape index (κ3) is 3.30. The van der Waals surface area contributed by atoms with E-state index in [-0.39, 0.29) is 25.1 Å². The topological polar surface area (TPSA) is 35.5 Å². The molecule has 0 N–H and O–H groups in total. The minimum absolute atomic E-state index is 0.118. The lowest BCUT2D eigenvalue weighted by Gasteiger charge is -2.27. The molecule has 0 atom stereocenters. The standard InChI is InChI=1S/C13H18BF2O3P/c1-4-18-20(17,19-5-2)13(15,16)12-7-6-11(9-14)8-10(12)3/h6-8H,4-5,9H2,1-3H3. The molecule has 2 radical (unpaired) electrons. The first-order valence-electron chi connectivity index (χ1n) is 6.39. The van der Waals surface area contributed by atoms with Crippen LogP contribution in [-0.4, -0.2) is 21.1 Å². The summed E-state index contributed by atoms with van der Waals surface area (Å²) in [7, 11) is 0.908. The van der Waals surface area contributed by atoms with Gasteiger partial charge in [0, 0.05) is 5.56 Å². The Kier molecular flexibility index (Phi) is 5.93. The summed E-state index contributed by atoms with van der Waals surface area (Å²) in [5.74, 6) is 0. The van der Waals surface area contributed by atoms with Gasteiger partial charge in [0.2, 0.25) is 0 Å². The second-order valence-corrected chi connectivity index (χ2v) is 6.30. The van der Waals surface area contributed by atoms with Crippen LogP contribution in [0.4, 0.5) is 8.78 Å². The number of benzene rings is 1. The van der Waals surface area contributed by atoms with Crippen LogP contribution < -0.4 is 0 Å². The van der Waals surface area contributed by atoms with Crippen molar-refractivity contribution in [3.8, 4) is 0 Å². The first kappa shape index (κ1) is 17.3. The summed E-state index contributed by atoms with van der Waals surface area (Å²) in [4.78, 5) is 0. The average Bonchev–Trinajstić information content (AvgIpc) is 2.38. The van der Waals surface area contributed by atoms with Crippen LogP contribution in [0.25, 0.3) is 0 Å². The van der Waals surface area contributed by atoms with E-state index in [1.165, 1.54) is 32.9 Å². The fourth-order valence-corrected chi connectivity index (χ4v) is 3.50. The minimum Gasteiger partial charge on any atom is -0.304 e. The monoisotopic (exact) mass is 302 g/mol. The van der Waals surface area contributed by atoms with Crippen molar-refractivity contribution in [3.63, 3.8) is 0 Å². The van der Waals surface area contributed by atoms with Gasteiger partial charge in [0.25, 0.3) is 0 Å². The van der Waals surface area contributed by atoms with Gasteiger partial charge in [-0.2, -0.15) is 8.78 Å². The molecular formula is C13H18BF2O3P. The summed E-state index contributed by atoms with van der Waals surface area (Å²) in [6.45, 7) is 4.27. The molecule has 1 aromatic carbocycles. The molecule has 20 heavy (non-hydrogen) atoms. The Morgan fingerprint density at radius 2 is 1.80 bits per heavy atom. The largest absolute Gasteiger partial charge is 0.404 e. The molecule has 3 nitrogen and oxygen atoms in total. The number of aryl methyl sites for hydroxylation is 1. The minimum atomic E-state index is -4.56. The van der Waals surface area contributed by atoms with E-state index in [1.807, 2.05) is 0 Å². The van der Waals surface area contributed by atoms with Crippen LogP contribution in [-0.2, 0) is 25.6 Å². The molecule has 0 fully saturated rings. The Balaban J connectivity index is 3.29. The number of hydrogen-bond acceptors (Lipinski definition) is 3. The summed E-state index contributed by atoms with van der Waals surface area (Å²) < 4.78 is 50.9. The van der Waals surface area contributed by atoms with Crippen molar-refractivity contribution in [2.45, 2.75) is 32.8 Å². The van der Waals surface area contributed by atoms with Gasteiger partial charge in [-0.3, -0.25) is 4.57 Å². The van der Waals surface area contributed by atoms with Gasteiger partial charge in [-0.1, -0.05) is 30.1 Å². The lowest BCUT2D eigenvalue weighted by molar-refractivity contribution is 0.0355. The van der Waals surface area contributed by atoms with Crippen LogP contribution in [0.1, 0.15) is 30.5 Å². The highest BCUT2D eigenvalue weighted by atomic mass is 31.2. The summed E-state index contributed by atoms with van der Waals surface area (Å²) in [6.07, 6.45) is 0.251. The van der Waals surface area contributed by atoms with Gasteiger partial charge in [-0.15, -0.1) is 0 Å². The van der Waals surface area contributed by atoms with Gasteiger partial charge in [-0.05, 0) is 26.3 Å². The molecule has 1 rings (SSSR count). The lowest BCUT2D eigenvalue weighted by Crippen LogP contribution is -2.19. The molecule has 0 aromatic heterocycles. The van der Waals surface area contributed by atoms with Gasteiger partial charge in [0.15, 0.2) is 0 Å². The maximum atomic E-state index is 14.5. The van der Waals surface area contributed by atoms with Gasteiger partial charge in [0.05, 0.1) is 21.1 Å². The predicted octanol–water partition coefficient (Wildman–Crippen LogP) is 3.98. The Morgan fingerprint density at radius 3 is 2.20 bits per heavy atom. The fourth-order valence-electron chi connectivity index (χ4n) is 1.88. The Labute approximate surface area is 119 Å². The molecule has 1 aromatic rings. The van der Waals surface area contributed by atoms with Crippen molar-refractivity contribution >= 4 is 15.4 Å². The first-order chi connectivity index (χ1) is 9.32. The van der Waals surface area contributed by atoms with Crippen molar-refractivity contribution in [2.75, 3.05) is 13.2 Å². The van der Waals surface area contributed by atoms with E-state index in [0.29, 0.717) is 5.56 Å². The van der Waals surface area contributed by atoms with Gasteiger partial charge >= 0.3 is 13.3 Å². The number of hydrogen-bond donors (Lipinski definition) is 0. The maximum Gasteiger partial charge on any atom is 0.404 e. The molecule has 7 heteroatoms. The molecule has 0 spiro atoms. The zero-order chi connectivity index (χ0) is 15.4. The van der Waals surface area contributed by atoms with Crippen LogP contribution in [0.3, 0.4) is 0 Å². The quantitative estimate of drug-likeness (QED) is 0.564. The van der Waals surface area contributed by atoms with Crippen molar-refractivity contribution in [1.82, 2.24) is 0 Å². The number of rotatable bonds is 7. The molecule has 0 saturated heterocycles. The summed E-state index contributed by atoms with van der Waals surface area (Å²) in [5.41, 5.74) is -3.03. The van der Waals surface area contributed by atoms with Crippen LogP contribution in [0.2, 0.25) is 0 Å². The van der Waals surface area contributed by atoms with E-state index in [4.69, 9.17) is 16.9 Å². The highest BCUT2D eigenvalue weighted by Gasteiger charge is 2.55. The number of halogens is 2. The van der Waals surface area contributed by atoms with Crippen LogP contribution >= 0.6 is 7.60 Å². The van der Waals surface area contributed by atoms with E-state index in [9.17, 15) is 13.3 Å². The van der Waals surface area contributed by atoms with E-state index in [1.54, 1.807) is 6.07 Å². The molecule has 0 aliphatic rings. The van der Waals surface area contributed by atoms with Crippen molar-refractivity contribution in [3.05, 3.63) is 34.9 Å². The molecule has 0 bridgehead atoms. The summed E-state index contributed by atoms with van der Waals surface area (Å²) in [6, 6.07) is 4.26. The summed E-state index contributed by atoms with van der Waals surface area (Å²) >= 11 is 0. The van der Waals surface area contributed by atoms with Gasteiger partial charge < -0.3 is 9.05 Å². The van der Waals surface area contributed by atoms with Gasteiger partial charge in [0.1, 0.15) is 0 Å². The molecule has 0 saturated carbocycles. The van der Waals surface area contributed by atoms with Crippen molar-refractivity contribution in [1.29, 1.82) is 0 Å². The van der Waals surface area contributed by atoms with Crippen molar-refractivity contribution < 1.29 is 22.4 Å². The predicted molar refractivity (Wildman–Crippen MR) is 75.4 cm³/mol. The van der Waals surface area contributed by atoms with Crippen molar-refractivity contribution in [2.24, 2.45) is 0 Å². The average molecular weight is 302 g/mol. The Hall–Kier alpha value is -0.705. The van der Waals surface area contributed by atoms with E-state index < -0.39 is 13.3 Å². The molecule has 0 aliphatic heterocycles. The van der Waals surface area contributed by atoms with E-state index in [0.717, 1.165) is 5.56 Å². The molecule has 0 amide bonds. The third-order valence-corrected chi connectivity index (χ3v) is 4.92. The highest BCUT2D eigenvalue weighted by molar-refractivity contribution is 7.54. The number of alkyl halides is 2. The lowest BCUT2D eigenvalue weighted by atomic mass is 9.94. The zero-order valence-electron chi connectivity index (χ0n) is 11.9.